The Morgan fingerprint density at radius 3 is 3.14 bits per heavy atom. The molecule has 124 valence electrons. The number of carbonyl (C=O) groups is 1. The van der Waals surface area contributed by atoms with Crippen LogP contribution in [0.1, 0.15) is 51.3 Å². The SMILES string of the molecule is CCCCOC(C)C(=O)NC1CCOC(c2cncn2C)C1. The number of aromatic nitrogens is 2. The van der Waals surface area contributed by atoms with E-state index < -0.39 is 6.10 Å². The molecule has 0 aromatic carbocycles. The van der Waals surface area contributed by atoms with Crippen LogP contribution in [0, 0.1) is 0 Å². The molecule has 6 heteroatoms. The Morgan fingerprint density at radius 2 is 2.45 bits per heavy atom. The van der Waals surface area contributed by atoms with Gasteiger partial charge in [0.15, 0.2) is 0 Å². The van der Waals surface area contributed by atoms with Crippen LogP contribution in [0.15, 0.2) is 12.5 Å². The van der Waals surface area contributed by atoms with Gasteiger partial charge in [0.05, 0.1) is 18.2 Å². The van der Waals surface area contributed by atoms with Crippen molar-refractivity contribution in [1.82, 2.24) is 14.9 Å². The first-order chi connectivity index (χ1) is 10.6. The monoisotopic (exact) mass is 309 g/mol. The molecule has 3 atom stereocenters. The Kier molecular flexibility index (Phi) is 6.39. The quantitative estimate of drug-likeness (QED) is 0.782. The minimum absolute atomic E-state index is 0.0112. The number of carbonyl (C=O) groups excluding carboxylic acids is 1. The van der Waals surface area contributed by atoms with Gasteiger partial charge in [0.25, 0.3) is 0 Å². The molecule has 1 aromatic heterocycles. The van der Waals surface area contributed by atoms with Gasteiger partial charge in [0.2, 0.25) is 5.91 Å². The molecule has 1 aliphatic rings. The molecule has 2 rings (SSSR count). The zero-order valence-corrected chi connectivity index (χ0v) is 13.7. The topological polar surface area (TPSA) is 65.4 Å². The molecule has 1 N–H and O–H groups in total. The predicted molar refractivity (Wildman–Crippen MR) is 83.4 cm³/mol. The Balaban J connectivity index is 1.82. The number of hydrogen-bond donors (Lipinski definition) is 1. The Morgan fingerprint density at radius 1 is 1.64 bits per heavy atom. The van der Waals surface area contributed by atoms with Crippen LogP contribution in [0.5, 0.6) is 0 Å². The molecule has 0 bridgehead atoms. The van der Waals surface area contributed by atoms with E-state index in [4.69, 9.17) is 9.47 Å². The lowest BCUT2D eigenvalue weighted by Gasteiger charge is -2.30. The molecule has 1 amide bonds. The van der Waals surface area contributed by atoms with Gasteiger partial charge in [-0.3, -0.25) is 4.79 Å². The second-order valence-electron chi connectivity index (χ2n) is 5.89. The van der Waals surface area contributed by atoms with E-state index in [-0.39, 0.29) is 18.1 Å². The van der Waals surface area contributed by atoms with E-state index in [2.05, 4.69) is 17.2 Å². The molecular weight excluding hydrogens is 282 g/mol. The van der Waals surface area contributed by atoms with Crippen molar-refractivity contribution in [2.45, 2.75) is 57.8 Å². The fourth-order valence-electron chi connectivity index (χ4n) is 2.61. The van der Waals surface area contributed by atoms with E-state index in [0.717, 1.165) is 31.4 Å². The van der Waals surface area contributed by atoms with E-state index in [0.29, 0.717) is 13.2 Å². The van der Waals surface area contributed by atoms with E-state index >= 15 is 0 Å². The molecule has 1 saturated heterocycles. The summed E-state index contributed by atoms with van der Waals surface area (Å²) in [6.45, 7) is 5.19. The first-order valence-electron chi connectivity index (χ1n) is 8.11. The van der Waals surface area contributed by atoms with Crippen molar-refractivity contribution in [1.29, 1.82) is 0 Å². The van der Waals surface area contributed by atoms with Gasteiger partial charge in [-0.05, 0) is 26.2 Å². The highest BCUT2D eigenvalue weighted by atomic mass is 16.5. The molecule has 1 aliphatic heterocycles. The minimum Gasteiger partial charge on any atom is -0.372 e. The number of nitrogens with zero attached hydrogens (tertiary/aromatic N) is 2. The largest absolute Gasteiger partial charge is 0.372 e. The average Bonchev–Trinajstić information content (AvgIpc) is 2.94. The molecular formula is C16H27N3O3. The van der Waals surface area contributed by atoms with Crippen LogP contribution in [0.25, 0.3) is 0 Å². The maximum atomic E-state index is 12.2. The third kappa shape index (κ3) is 4.55. The Labute approximate surface area is 132 Å². The van der Waals surface area contributed by atoms with Crippen LogP contribution in [0.2, 0.25) is 0 Å². The zero-order valence-electron chi connectivity index (χ0n) is 13.7. The smallest absolute Gasteiger partial charge is 0.249 e. The summed E-state index contributed by atoms with van der Waals surface area (Å²) in [5.41, 5.74) is 1.05. The van der Waals surface area contributed by atoms with Crippen LogP contribution >= 0.6 is 0 Å². The summed E-state index contributed by atoms with van der Waals surface area (Å²) >= 11 is 0. The van der Waals surface area contributed by atoms with Crippen molar-refractivity contribution < 1.29 is 14.3 Å². The van der Waals surface area contributed by atoms with Crippen molar-refractivity contribution in [2.24, 2.45) is 7.05 Å². The van der Waals surface area contributed by atoms with E-state index in [1.807, 2.05) is 24.7 Å². The summed E-state index contributed by atoms with van der Waals surface area (Å²) in [6.07, 6.45) is 6.84. The lowest BCUT2D eigenvalue weighted by molar-refractivity contribution is -0.133. The van der Waals surface area contributed by atoms with Gasteiger partial charge >= 0.3 is 0 Å². The fourth-order valence-corrected chi connectivity index (χ4v) is 2.61. The molecule has 1 aromatic rings. The van der Waals surface area contributed by atoms with Gasteiger partial charge in [-0.1, -0.05) is 13.3 Å². The van der Waals surface area contributed by atoms with Crippen molar-refractivity contribution >= 4 is 5.91 Å². The molecule has 0 radical (unpaired) electrons. The van der Waals surface area contributed by atoms with Crippen LogP contribution in [-0.4, -0.2) is 40.8 Å². The lowest BCUT2D eigenvalue weighted by atomic mass is 10.0. The maximum Gasteiger partial charge on any atom is 0.249 e. The third-order valence-corrected chi connectivity index (χ3v) is 4.05. The summed E-state index contributed by atoms with van der Waals surface area (Å²) in [5, 5.41) is 3.08. The van der Waals surface area contributed by atoms with Crippen molar-refractivity contribution in [2.75, 3.05) is 13.2 Å². The number of amides is 1. The third-order valence-electron chi connectivity index (χ3n) is 4.05. The molecule has 0 saturated carbocycles. The highest BCUT2D eigenvalue weighted by Crippen LogP contribution is 2.27. The first-order valence-corrected chi connectivity index (χ1v) is 8.11. The number of rotatable bonds is 7. The molecule has 0 spiro atoms. The van der Waals surface area contributed by atoms with Crippen molar-refractivity contribution in [3.05, 3.63) is 18.2 Å². The normalized spacial score (nSPS) is 23.2. The summed E-state index contributed by atoms with van der Waals surface area (Å²) < 4.78 is 13.3. The Bertz CT molecular complexity index is 475. The first kappa shape index (κ1) is 17.0. The van der Waals surface area contributed by atoms with E-state index in [9.17, 15) is 4.79 Å². The number of ether oxygens (including phenoxy) is 2. The highest BCUT2D eigenvalue weighted by molar-refractivity contribution is 5.80. The van der Waals surface area contributed by atoms with Crippen LogP contribution in [-0.2, 0) is 21.3 Å². The zero-order chi connectivity index (χ0) is 15.9. The summed E-state index contributed by atoms with van der Waals surface area (Å²) in [5.74, 6) is -0.0354. The summed E-state index contributed by atoms with van der Waals surface area (Å²) in [7, 11) is 1.96. The van der Waals surface area contributed by atoms with Gasteiger partial charge in [-0.15, -0.1) is 0 Å². The van der Waals surface area contributed by atoms with Crippen molar-refractivity contribution in [3.63, 3.8) is 0 Å². The number of nitrogens with one attached hydrogen (secondary N) is 1. The number of hydrogen-bond acceptors (Lipinski definition) is 4. The van der Waals surface area contributed by atoms with Gasteiger partial charge in [-0.25, -0.2) is 4.98 Å². The summed E-state index contributed by atoms with van der Waals surface area (Å²) in [6, 6.07) is 0.123. The maximum absolute atomic E-state index is 12.2. The molecule has 0 aliphatic carbocycles. The molecule has 22 heavy (non-hydrogen) atoms. The number of imidazole rings is 1. The highest BCUT2D eigenvalue weighted by Gasteiger charge is 2.28. The van der Waals surface area contributed by atoms with Gasteiger partial charge in [0.1, 0.15) is 12.2 Å². The minimum atomic E-state index is -0.399. The molecule has 6 nitrogen and oxygen atoms in total. The van der Waals surface area contributed by atoms with Crippen molar-refractivity contribution in [3.8, 4) is 0 Å². The number of unbranched alkanes of at least 4 members (excludes halogenated alkanes) is 1. The second kappa shape index (κ2) is 8.29. The lowest BCUT2D eigenvalue weighted by Crippen LogP contribution is -2.44. The van der Waals surface area contributed by atoms with E-state index in [1.54, 1.807) is 6.33 Å². The average molecular weight is 309 g/mol. The standard InChI is InChI=1S/C16H27N3O3/c1-4-5-7-21-12(2)16(20)18-13-6-8-22-15(9-13)14-10-17-11-19(14)3/h10-13,15H,4-9H2,1-3H3,(H,18,20). The van der Waals surface area contributed by atoms with Gasteiger partial charge in [-0.2, -0.15) is 0 Å². The molecule has 3 unspecified atom stereocenters. The van der Waals surface area contributed by atoms with Gasteiger partial charge < -0.3 is 19.4 Å². The summed E-state index contributed by atoms with van der Waals surface area (Å²) in [4.78, 5) is 16.3. The van der Waals surface area contributed by atoms with Crippen LogP contribution in [0.3, 0.4) is 0 Å². The fraction of sp³-hybridized carbons (Fsp3) is 0.750. The molecule has 1 fully saturated rings. The molecule has 2 heterocycles. The van der Waals surface area contributed by atoms with Gasteiger partial charge in [0, 0.05) is 26.3 Å². The van der Waals surface area contributed by atoms with Crippen LogP contribution in [0.4, 0.5) is 0 Å². The number of aryl methyl sites for hydroxylation is 1. The Hall–Kier alpha value is -1.40. The van der Waals surface area contributed by atoms with Crippen LogP contribution < -0.4 is 5.32 Å². The predicted octanol–water partition coefficient (Wildman–Crippen LogP) is 1.96. The van der Waals surface area contributed by atoms with E-state index in [1.165, 1.54) is 0 Å². The second-order valence-corrected chi connectivity index (χ2v) is 5.89.